The van der Waals surface area contributed by atoms with Crippen LogP contribution in [0.1, 0.15) is 71.6 Å². The first kappa shape index (κ1) is 16.6. The van der Waals surface area contributed by atoms with E-state index in [1.54, 1.807) is 0 Å². The average Bonchev–Trinajstić information content (AvgIpc) is 2.56. The van der Waals surface area contributed by atoms with Crippen molar-refractivity contribution in [3.8, 4) is 6.07 Å². The molecule has 4 aliphatic rings. The third-order valence-electron chi connectivity index (χ3n) is 8.65. The van der Waals surface area contributed by atoms with Gasteiger partial charge in [-0.2, -0.15) is 5.26 Å². The largest absolute Gasteiger partial charge is 0.393 e. The lowest BCUT2D eigenvalue weighted by Gasteiger charge is -2.62. The predicted octanol–water partition coefficient (Wildman–Crippen LogP) is 3.95. The van der Waals surface area contributed by atoms with E-state index in [2.05, 4.69) is 26.0 Å². The van der Waals surface area contributed by atoms with Gasteiger partial charge in [0.1, 0.15) is 0 Å². The van der Waals surface area contributed by atoms with Crippen LogP contribution in [0, 0.1) is 39.9 Å². The Kier molecular flexibility index (Phi) is 3.68. The Bertz CT molecular complexity index is 607. The third kappa shape index (κ3) is 2.02. The molecule has 0 aromatic carbocycles. The summed E-state index contributed by atoms with van der Waals surface area (Å²) in [7, 11) is 0. The van der Waals surface area contributed by atoms with E-state index >= 15 is 0 Å². The van der Waals surface area contributed by atoms with Crippen molar-refractivity contribution in [1.82, 2.24) is 0 Å². The summed E-state index contributed by atoms with van der Waals surface area (Å²) in [5.74, 6) is 1.70. The van der Waals surface area contributed by atoms with Gasteiger partial charge < -0.3 is 10.2 Å². The number of nitriles is 1. The van der Waals surface area contributed by atoms with Crippen molar-refractivity contribution in [2.45, 2.75) is 83.3 Å². The molecule has 0 heterocycles. The molecule has 0 amide bonds. The number of nitrogens with zero attached hydrogens (tertiary/aromatic N) is 1. The van der Waals surface area contributed by atoms with Gasteiger partial charge in [0.05, 0.1) is 12.2 Å². The molecule has 3 heteroatoms. The van der Waals surface area contributed by atoms with Gasteiger partial charge in [-0.3, -0.25) is 0 Å². The van der Waals surface area contributed by atoms with Crippen molar-refractivity contribution in [1.29, 1.82) is 5.26 Å². The molecule has 24 heavy (non-hydrogen) atoms. The molecule has 3 saturated carbocycles. The maximum absolute atomic E-state index is 11.0. The van der Waals surface area contributed by atoms with Crippen LogP contribution in [-0.4, -0.2) is 21.9 Å². The van der Waals surface area contributed by atoms with Crippen molar-refractivity contribution >= 4 is 0 Å². The fourth-order valence-corrected chi connectivity index (χ4v) is 7.05. The van der Waals surface area contributed by atoms with Gasteiger partial charge in [-0.25, -0.2) is 0 Å². The predicted molar refractivity (Wildman–Crippen MR) is 92.9 cm³/mol. The van der Waals surface area contributed by atoms with Gasteiger partial charge in [0.25, 0.3) is 0 Å². The van der Waals surface area contributed by atoms with E-state index in [1.165, 1.54) is 5.57 Å². The number of aliphatic hydroxyl groups excluding tert-OH is 1. The van der Waals surface area contributed by atoms with Gasteiger partial charge in [-0.1, -0.05) is 25.5 Å². The summed E-state index contributed by atoms with van der Waals surface area (Å²) < 4.78 is 0. The SMILES string of the molecule is C[C@@]12CC[C@H](O)CC1=CC[C@H]1[C@H]3CCC[C@](O)(C#N)[C@]3(C)CC[C@@H]12. The van der Waals surface area contributed by atoms with Crippen LogP contribution < -0.4 is 0 Å². The molecule has 0 unspecified atom stereocenters. The standard InChI is InChI=1S/C21H31NO2/c1-19-10-7-15(23)12-14(19)5-6-16-17(19)8-11-20(2)18(16)4-3-9-21(20,24)13-22/h5,15-18,23-24H,3-4,6-12H2,1-2H3/t15-,16+,17-,18+,19+,20+,21-/m0/s1. The summed E-state index contributed by atoms with van der Waals surface area (Å²) in [6.45, 7) is 4.60. The van der Waals surface area contributed by atoms with E-state index in [-0.39, 0.29) is 16.9 Å². The fraction of sp³-hybridized carbons (Fsp3) is 0.857. The smallest absolute Gasteiger partial charge is 0.156 e. The minimum absolute atomic E-state index is 0.159. The molecule has 0 radical (unpaired) electrons. The van der Waals surface area contributed by atoms with Crippen LogP contribution in [0.5, 0.6) is 0 Å². The molecule has 3 nitrogen and oxygen atoms in total. The van der Waals surface area contributed by atoms with Crippen LogP contribution in [0.15, 0.2) is 11.6 Å². The van der Waals surface area contributed by atoms with Gasteiger partial charge in [-0.05, 0) is 81.0 Å². The van der Waals surface area contributed by atoms with Crippen LogP contribution in [0.4, 0.5) is 0 Å². The summed E-state index contributed by atoms with van der Waals surface area (Å²) in [6.07, 6.45) is 11.0. The zero-order chi connectivity index (χ0) is 17.2. The second-order valence-corrected chi connectivity index (χ2v) is 9.48. The Morgan fingerprint density at radius 2 is 1.92 bits per heavy atom. The number of hydrogen-bond donors (Lipinski definition) is 2. The van der Waals surface area contributed by atoms with E-state index in [1.807, 2.05) is 0 Å². The molecule has 4 rings (SSSR count). The van der Waals surface area contributed by atoms with Gasteiger partial charge in [-0.15, -0.1) is 0 Å². The Morgan fingerprint density at radius 3 is 2.67 bits per heavy atom. The van der Waals surface area contributed by atoms with Crippen LogP contribution >= 0.6 is 0 Å². The zero-order valence-electron chi connectivity index (χ0n) is 15.1. The maximum atomic E-state index is 11.0. The molecule has 3 fully saturated rings. The number of allylic oxidation sites excluding steroid dienone is 1. The molecule has 0 aliphatic heterocycles. The monoisotopic (exact) mass is 329 g/mol. The summed E-state index contributed by atoms with van der Waals surface area (Å²) >= 11 is 0. The lowest BCUT2D eigenvalue weighted by molar-refractivity contribution is -0.160. The van der Waals surface area contributed by atoms with Crippen LogP contribution in [0.2, 0.25) is 0 Å². The number of hydrogen-bond acceptors (Lipinski definition) is 3. The second kappa shape index (κ2) is 5.32. The zero-order valence-corrected chi connectivity index (χ0v) is 15.1. The second-order valence-electron chi connectivity index (χ2n) is 9.48. The minimum Gasteiger partial charge on any atom is -0.393 e. The summed E-state index contributed by atoms with van der Waals surface area (Å²) in [6, 6.07) is 2.29. The van der Waals surface area contributed by atoms with E-state index in [0.29, 0.717) is 24.2 Å². The molecular formula is C21H31NO2. The number of aliphatic hydroxyl groups is 2. The molecular weight excluding hydrogens is 298 g/mol. The lowest BCUT2D eigenvalue weighted by Crippen LogP contribution is -2.60. The van der Waals surface area contributed by atoms with Crippen molar-refractivity contribution in [2.24, 2.45) is 28.6 Å². The Labute approximate surface area is 145 Å². The maximum Gasteiger partial charge on any atom is 0.156 e. The molecule has 132 valence electrons. The molecule has 0 aromatic heterocycles. The number of fused-ring (bicyclic) bond motifs is 5. The Balaban J connectivity index is 1.70. The highest BCUT2D eigenvalue weighted by molar-refractivity contribution is 5.27. The fourth-order valence-electron chi connectivity index (χ4n) is 7.05. The first-order valence-corrected chi connectivity index (χ1v) is 9.85. The highest BCUT2D eigenvalue weighted by Gasteiger charge is 2.62. The first-order chi connectivity index (χ1) is 11.3. The van der Waals surface area contributed by atoms with Crippen LogP contribution in [-0.2, 0) is 0 Å². The topological polar surface area (TPSA) is 64.2 Å². The van der Waals surface area contributed by atoms with Crippen molar-refractivity contribution in [3.63, 3.8) is 0 Å². The van der Waals surface area contributed by atoms with E-state index in [9.17, 15) is 15.5 Å². The average molecular weight is 329 g/mol. The van der Waals surface area contributed by atoms with Gasteiger partial charge in [0, 0.05) is 5.41 Å². The van der Waals surface area contributed by atoms with Gasteiger partial charge in [0.2, 0.25) is 0 Å². The van der Waals surface area contributed by atoms with Gasteiger partial charge in [0.15, 0.2) is 5.60 Å². The molecule has 2 N–H and O–H groups in total. The van der Waals surface area contributed by atoms with Crippen LogP contribution in [0.25, 0.3) is 0 Å². The molecule has 0 spiro atoms. The highest BCUT2D eigenvalue weighted by Crippen LogP contribution is 2.65. The molecule has 0 bridgehead atoms. The van der Waals surface area contributed by atoms with Gasteiger partial charge >= 0.3 is 0 Å². The Hall–Kier alpha value is -0.850. The summed E-state index contributed by atoms with van der Waals surface area (Å²) in [5.41, 5.74) is 0.314. The van der Waals surface area contributed by atoms with E-state index < -0.39 is 5.60 Å². The molecule has 0 saturated heterocycles. The van der Waals surface area contributed by atoms with E-state index in [4.69, 9.17) is 0 Å². The highest BCUT2D eigenvalue weighted by atomic mass is 16.3. The quantitative estimate of drug-likeness (QED) is 0.522. The number of rotatable bonds is 0. The summed E-state index contributed by atoms with van der Waals surface area (Å²) in [5, 5.41) is 30.8. The van der Waals surface area contributed by atoms with Crippen molar-refractivity contribution < 1.29 is 10.2 Å². The lowest BCUT2D eigenvalue weighted by atomic mass is 9.43. The third-order valence-corrected chi connectivity index (χ3v) is 8.65. The first-order valence-electron chi connectivity index (χ1n) is 9.85. The Morgan fingerprint density at radius 1 is 1.12 bits per heavy atom. The molecule has 7 atom stereocenters. The summed E-state index contributed by atoms with van der Waals surface area (Å²) in [4.78, 5) is 0. The normalized spacial score (nSPS) is 53.9. The molecule has 0 aromatic rings. The van der Waals surface area contributed by atoms with Crippen molar-refractivity contribution in [3.05, 3.63) is 11.6 Å². The van der Waals surface area contributed by atoms with E-state index in [0.717, 1.165) is 51.4 Å². The van der Waals surface area contributed by atoms with Crippen molar-refractivity contribution in [2.75, 3.05) is 0 Å². The minimum atomic E-state index is -1.14. The van der Waals surface area contributed by atoms with Crippen LogP contribution in [0.3, 0.4) is 0 Å². The molecule has 4 aliphatic carbocycles.